The van der Waals surface area contributed by atoms with Gasteiger partial charge in [0.15, 0.2) is 0 Å². The van der Waals surface area contributed by atoms with Crippen molar-refractivity contribution in [1.82, 2.24) is 9.55 Å². The molecule has 2 fully saturated rings. The third-order valence-corrected chi connectivity index (χ3v) is 6.71. The lowest BCUT2D eigenvalue weighted by atomic mass is 9.68. The van der Waals surface area contributed by atoms with Gasteiger partial charge in [-0.05, 0) is 36.5 Å². The van der Waals surface area contributed by atoms with Gasteiger partial charge in [0.1, 0.15) is 12.0 Å². The molecule has 3 rings (SSSR count). The number of aliphatic carboxylic acids is 1. The number of carboxylic acid groups (broad SMARTS) is 1. The summed E-state index contributed by atoms with van der Waals surface area (Å²) in [6.07, 6.45) is 4.50. The van der Waals surface area contributed by atoms with Gasteiger partial charge in [-0.3, -0.25) is 4.57 Å². The normalized spacial score (nSPS) is 32.1. The van der Waals surface area contributed by atoms with E-state index in [2.05, 4.69) is 25.8 Å². The number of ether oxygens (including phenoxy) is 1. The molecule has 1 aromatic rings. The Balaban J connectivity index is 1.95. The summed E-state index contributed by atoms with van der Waals surface area (Å²) >= 11 is 1.17. The Morgan fingerprint density at radius 3 is 2.81 bits per heavy atom. The molecule has 5 atom stereocenters. The SMILES string of the molecule is CC(C)C1CC[C@@H](C)CC1c1cn([C@H]2CS[C@@H](C(=O)O)O2)c(=O)nc1N. The highest BCUT2D eigenvalue weighted by molar-refractivity contribution is 8.00. The van der Waals surface area contributed by atoms with Crippen LogP contribution in [0.25, 0.3) is 0 Å². The fraction of sp³-hybridized carbons (Fsp3) is 0.722. The summed E-state index contributed by atoms with van der Waals surface area (Å²) < 4.78 is 6.93. The molecule has 2 aliphatic rings. The van der Waals surface area contributed by atoms with Gasteiger partial charge >= 0.3 is 11.7 Å². The maximum Gasteiger partial charge on any atom is 0.351 e. The van der Waals surface area contributed by atoms with E-state index in [0.717, 1.165) is 18.4 Å². The number of aromatic nitrogens is 2. The Labute approximate surface area is 157 Å². The van der Waals surface area contributed by atoms with E-state index in [-0.39, 0.29) is 11.7 Å². The van der Waals surface area contributed by atoms with Crippen molar-refractivity contribution < 1.29 is 14.6 Å². The lowest BCUT2D eigenvalue weighted by molar-refractivity contribution is -0.147. The third-order valence-electron chi connectivity index (χ3n) is 5.62. The van der Waals surface area contributed by atoms with E-state index in [0.29, 0.717) is 23.5 Å². The number of nitrogens with zero attached hydrogens (tertiary/aromatic N) is 2. The molecule has 26 heavy (non-hydrogen) atoms. The first kappa shape index (κ1) is 19.2. The number of hydrogen-bond donors (Lipinski definition) is 2. The number of thioether (sulfide) groups is 1. The minimum atomic E-state index is -1.03. The summed E-state index contributed by atoms with van der Waals surface area (Å²) in [6.45, 7) is 6.69. The molecule has 3 N–H and O–H groups in total. The van der Waals surface area contributed by atoms with Crippen molar-refractivity contribution in [3.63, 3.8) is 0 Å². The molecule has 2 unspecified atom stereocenters. The maximum absolute atomic E-state index is 12.4. The molecule has 1 aromatic heterocycles. The molecular weight excluding hydrogens is 354 g/mol. The molecule has 144 valence electrons. The van der Waals surface area contributed by atoms with E-state index < -0.39 is 23.3 Å². The van der Waals surface area contributed by atoms with Gasteiger partial charge in [0.05, 0.1) is 0 Å². The van der Waals surface area contributed by atoms with Crippen LogP contribution in [-0.2, 0) is 9.53 Å². The zero-order valence-electron chi connectivity index (χ0n) is 15.4. The molecule has 2 heterocycles. The lowest BCUT2D eigenvalue weighted by Gasteiger charge is -2.38. The molecule has 8 heteroatoms. The van der Waals surface area contributed by atoms with Gasteiger partial charge in [0.25, 0.3) is 0 Å². The Kier molecular flexibility index (Phi) is 5.62. The Hall–Kier alpha value is -1.54. The van der Waals surface area contributed by atoms with Gasteiger partial charge in [0, 0.05) is 17.5 Å². The van der Waals surface area contributed by atoms with Gasteiger partial charge in [-0.25, -0.2) is 9.59 Å². The molecule has 1 aliphatic heterocycles. The van der Waals surface area contributed by atoms with Crippen LogP contribution in [0.5, 0.6) is 0 Å². The number of anilines is 1. The molecule has 0 spiro atoms. The highest BCUT2D eigenvalue weighted by atomic mass is 32.2. The number of nitrogens with two attached hydrogens (primary N) is 1. The van der Waals surface area contributed by atoms with Gasteiger partial charge in [-0.15, -0.1) is 11.8 Å². The topological polar surface area (TPSA) is 107 Å². The average molecular weight is 381 g/mol. The van der Waals surface area contributed by atoms with Crippen LogP contribution in [0.2, 0.25) is 0 Å². The number of hydrogen-bond acceptors (Lipinski definition) is 6. The summed E-state index contributed by atoms with van der Waals surface area (Å²) in [5.74, 6) is 1.52. The number of carboxylic acids is 1. The van der Waals surface area contributed by atoms with Crippen LogP contribution in [0.4, 0.5) is 5.82 Å². The predicted molar refractivity (Wildman–Crippen MR) is 101 cm³/mol. The van der Waals surface area contributed by atoms with Crippen molar-refractivity contribution in [3.8, 4) is 0 Å². The largest absolute Gasteiger partial charge is 0.479 e. The number of carbonyl (C=O) groups is 1. The van der Waals surface area contributed by atoms with Gasteiger partial charge in [-0.2, -0.15) is 4.98 Å². The second kappa shape index (κ2) is 7.60. The van der Waals surface area contributed by atoms with Crippen LogP contribution in [0.1, 0.15) is 57.7 Å². The minimum Gasteiger partial charge on any atom is -0.479 e. The smallest absolute Gasteiger partial charge is 0.351 e. The standard InChI is InChI=1S/C18H27N3O4S/c1-9(2)11-5-4-10(3)6-12(11)13-7-21(18(24)20-15(13)19)14-8-26-17(25-14)16(22)23/h7,9-12,14,17H,4-6,8H2,1-3H3,(H,22,23)(H2,19,20,24)/t10-,11?,12?,14-,17+/m1/s1. The summed E-state index contributed by atoms with van der Waals surface area (Å²) in [5, 5.41) is 9.11. The van der Waals surface area contributed by atoms with Gasteiger partial charge in [0.2, 0.25) is 5.44 Å². The summed E-state index contributed by atoms with van der Waals surface area (Å²) in [4.78, 5) is 27.5. The van der Waals surface area contributed by atoms with E-state index in [4.69, 9.17) is 15.6 Å². The van der Waals surface area contributed by atoms with E-state index >= 15 is 0 Å². The summed E-state index contributed by atoms with van der Waals surface area (Å²) in [7, 11) is 0. The molecule has 0 amide bonds. The van der Waals surface area contributed by atoms with Crippen molar-refractivity contribution in [1.29, 1.82) is 0 Å². The molecule has 1 saturated heterocycles. The van der Waals surface area contributed by atoms with Crippen molar-refractivity contribution in [3.05, 3.63) is 22.2 Å². The zero-order valence-corrected chi connectivity index (χ0v) is 16.2. The molecule has 1 saturated carbocycles. The Morgan fingerprint density at radius 2 is 2.19 bits per heavy atom. The van der Waals surface area contributed by atoms with Crippen LogP contribution >= 0.6 is 11.8 Å². The van der Waals surface area contributed by atoms with Crippen molar-refractivity contribution in [2.24, 2.45) is 17.8 Å². The Bertz CT molecular complexity index is 736. The summed E-state index contributed by atoms with van der Waals surface area (Å²) in [6, 6.07) is 0. The maximum atomic E-state index is 12.4. The lowest BCUT2D eigenvalue weighted by Crippen LogP contribution is -2.33. The summed E-state index contributed by atoms with van der Waals surface area (Å²) in [5.41, 5.74) is 5.58. The van der Waals surface area contributed by atoms with Crippen LogP contribution in [-0.4, -0.2) is 31.8 Å². The van der Waals surface area contributed by atoms with Crippen LogP contribution in [0, 0.1) is 17.8 Å². The molecule has 0 aromatic carbocycles. The molecule has 1 aliphatic carbocycles. The second-order valence-electron chi connectivity index (χ2n) is 7.80. The van der Waals surface area contributed by atoms with Gasteiger partial charge < -0.3 is 15.6 Å². The predicted octanol–water partition coefficient (Wildman–Crippen LogP) is 2.67. The monoisotopic (exact) mass is 381 g/mol. The number of nitrogen functional groups attached to an aromatic ring is 1. The van der Waals surface area contributed by atoms with Gasteiger partial charge in [-0.1, -0.05) is 27.2 Å². The average Bonchev–Trinajstić information content (AvgIpc) is 3.04. The zero-order chi connectivity index (χ0) is 19.0. The van der Waals surface area contributed by atoms with E-state index in [9.17, 15) is 9.59 Å². The highest BCUT2D eigenvalue weighted by Crippen LogP contribution is 2.45. The highest BCUT2D eigenvalue weighted by Gasteiger charge is 2.36. The second-order valence-corrected chi connectivity index (χ2v) is 8.89. The van der Waals surface area contributed by atoms with E-state index in [1.165, 1.54) is 22.7 Å². The van der Waals surface area contributed by atoms with Crippen LogP contribution in [0.3, 0.4) is 0 Å². The first-order valence-electron chi connectivity index (χ1n) is 9.16. The van der Waals surface area contributed by atoms with Crippen molar-refractivity contribution >= 4 is 23.5 Å². The quantitative estimate of drug-likeness (QED) is 0.825. The molecular formula is C18H27N3O4S. The van der Waals surface area contributed by atoms with Crippen LogP contribution < -0.4 is 11.4 Å². The molecule has 0 radical (unpaired) electrons. The van der Waals surface area contributed by atoms with E-state index in [1.54, 1.807) is 6.20 Å². The fourth-order valence-electron chi connectivity index (χ4n) is 4.21. The minimum absolute atomic E-state index is 0.252. The fourth-order valence-corrected chi connectivity index (χ4v) is 5.14. The number of rotatable bonds is 4. The molecule has 7 nitrogen and oxygen atoms in total. The third kappa shape index (κ3) is 3.76. The first-order chi connectivity index (χ1) is 12.3. The molecule has 0 bridgehead atoms. The van der Waals surface area contributed by atoms with Crippen molar-refractivity contribution in [2.45, 2.75) is 57.6 Å². The van der Waals surface area contributed by atoms with Crippen molar-refractivity contribution in [2.75, 3.05) is 11.5 Å². The first-order valence-corrected chi connectivity index (χ1v) is 10.2. The van der Waals surface area contributed by atoms with E-state index in [1.807, 2.05) is 0 Å². The van der Waals surface area contributed by atoms with Crippen LogP contribution in [0.15, 0.2) is 11.0 Å². The Morgan fingerprint density at radius 1 is 1.46 bits per heavy atom.